The number of carbonyl (C=O) groups is 3. The van der Waals surface area contributed by atoms with Gasteiger partial charge in [-0.05, 0) is 63.6 Å². The van der Waals surface area contributed by atoms with Gasteiger partial charge in [0.25, 0.3) is 5.91 Å². The number of amides is 3. The third kappa shape index (κ3) is 3.60. The van der Waals surface area contributed by atoms with Crippen molar-refractivity contribution in [3.05, 3.63) is 87.7 Å². The van der Waals surface area contributed by atoms with Crippen molar-refractivity contribution < 1.29 is 14.4 Å². The molecule has 0 aliphatic carbocycles. The van der Waals surface area contributed by atoms with Crippen LogP contribution in [0.15, 0.2) is 54.6 Å². The average molecular weight is 450 g/mol. The molecule has 3 aromatic rings. The molecule has 1 aromatic heterocycles. The highest BCUT2D eigenvalue weighted by atomic mass is 35.5. The Morgan fingerprint density at radius 1 is 1.00 bits per heavy atom. The fraction of sp³-hybridized carbons (Fsp3) is 0.240. The van der Waals surface area contributed by atoms with Gasteiger partial charge >= 0.3 is 6.03 Å². The van der Waals surface area contributed by atoms with E-state index in [9.17, 15) is 14.4 Å². The van der Waals surface area contributed by atoms with Crippen LogP contribution in [0.5, 0.6) is 0 Å². The highest BCUT2D eigenvalue weighted by Gasteiger charge is 2.49. The summed E-state index contributed by atoms with van der Waals surface area (Å²) in [4.78, 5) is 40.0. The summed E-state index contributed by atoms with van der Waals surface area (Å²) in [5.74, 6) is -0.735. The van der Waals surface area contributed by atoms with Crippen molar-refractivity contribution in [2.24, 2.45) is 0 Å². The van der Waals surface area contributed by atoms with Gasteiger partial charge in [0.1, 0.15) is 5.54 Å². The van der Waals surface area contributed by atoms with E-state index in [2.05, 4.69) is 5.32 Å². The fourth-order valence-electron chi connectivity index (χ4n) is 4.18. The van der Waals surface area contributed by atoms with E-state index in [1.54, 1.807) is 25.1 Å². The number of ketones is 1. The van der Waals surface area contributed by atoms with Gasteiger partial charge in [-0.1, -0.05) is 41.4 Å². The highest BCUT2D eigenvalue weighted by molar-refractivity contribution is 6.30. The van der Waals surface area contributed by atoms with E-state index in [0.717, 1.165) is 27.5 Å². The molecule has 32 heavy (non-hydrogen) atoms. The zero-order valence-electron chi connectivity index (χ0n) is 18.4. The van der Waals surface area contributed by atoms with E-state index in [1.807, 2.05) is 61.7 Å². The first-order valence-electron chi connectivity index (χ1n) is 10.3. The number of nitrogens with zero attached hydrogens (tertiary/aromatic N) is 2. The number of aryl methyl sites for hydroxylation is 2. The summed E-state index contributed by atoms with van der Waals surface area (Å²) >= 11 is 5.99. The molecule has 1 atom stereocenters. The van der Waals surface area contributed by atoms with Crippen molar-refractivity contribution in [1.82, 2.24) is 14.8 Å². The van der Waals surface area contributed by atoms with Gasteiger partial charge in [0.05, 0.1) is 6.54 Å². The van der Waals surface area contributed by atoms with Crippen molar-refractivity contribution in [1.29, 1.82) is 0 Å². The van der Waals surface area contributed by atoms with E-state index >= 15 is 0 Å². The Morgan fingerprint density at radius 3 is 2.25 bits per heavy atom. The SMILES string of the molecule is Cc1ccc(C2(C)NC(=O)N(CC(=O)c3cc(C)n(-c4ccc(Cl)cc4)c3C)C2=O)cc1. The molecule has 0 bridgehead atoms. The van der Waals surface area contributed by atoms with Gasteiger partial charge in [0, 0.05) is 27.7 Å². The molecular formula is C25H24ClN3O3. The fourth-order valence-corrected chi connectivity index (χ4v) is 4.31. The molecule has 1 aliphatic heterocycles. The Bertz CT molecular complexity index is 1230. The zero-order chi connectivity index (χ0) is 23.2. The maximum atomic E-state index is 13.2. The lowest BCUT2D eigenvalue weighted by atomic mass is 9.91. The minimum absolute atomic E-state index is 0.296. The molecule has 1 aliphatic rings. The molecule has 1 N–H and O–H groups in total. The second-order valence-corrected chi connectivity index (χ2v) is 8.77. The second-order valence-electron chi connectivity index (χ2n) is 8.33. The predicted molar refractivity (Wildman–Crippen MR) is 123 cm³/mol. The van der Waals surface area contributed by atoms with Gasteiger partial charge in [-0.25, -0.2) is 4.79 Å². The Kier molecular flexibility index (Phi) is 5.42. The maximum Gasteiger partial charge on any atom is 0.325 e. The summed E-state index contributed by atoms with van der Waals surface area (Å²) in [5, 5.41) is 3.38. The number of rotatable bonds is 5. The van der Waals surface area contributed by atoms with Crippen LogP contribution in [0.3, 0.4) is 0 Å². The normalized spacial score (nSPS) is 18.2. The quantitative estimate of drug-likeness (QED) is 0.453. The monoisotopic (exact) mass is 449 g/mol. The Hall–Kier alpha value is -3.38. The number of hydrogen-bond donors (Lipinski definition) is 1. The van der Waals surface area contributed by atoms with Gasteiger partial charge in [0.2, 0.25) is 0 Å². The lowest BCUT2D eigenvalue weighted by molar-refractivity contribution is -0.130. The van der Waals surface area contributed by atoms with Crippen molar-refractivity contribution in [2.45, 2.75) is 33.2 Å². The Labute approximate surface area is 191 Å². The first kappa shape index (κ1) is 21.8. The standard InChI is InChI=1S/C25H24ClN3O3/c1-15-5-7-18(8-6-15)25(4)23(31)28(24(32)27-25)14-22(30)21-13-16(2)29(17(21)3)20-11-9-19(26)10-12-20/h5-13H,14H2,1-4H3,(H,27,32). The van der Waals surface area contributed by atoms with Gasteiger partial charge in [-0.3, -0.25) is 14.5 Å². The molecule has 7 heteroatoms. The molecule has 2 aromatic carbocycles. The maximum absolute atomic E-state index is 13.2. The first-order valence-corrected chi connectivity index (χ1v) is 10.7. The lowest BCUT2D eigenvalue weighted by Crippen LogP contribution is -2.41. The topological polar surface area (TPSA) is 71.4 Å². The summed E-state index contributed by atoms with van der Waals surface area (Å²) in [6, 6.07) is 16.0. The lowest BCUT2D eigenvalue weighted by Gasteiger charge is -2.22. The number of halogens is 1. The van der Waals surface area contributed by atoms with Gasteiger partial charge in [-0.2, -0.15) is 0 Å². The average Bonchev–Trinajstić information content (AvgIpc) is 3.17. The third-order valence-electron chi connectivity index (χ3n) is 6.02. The molecule has 6 nitrogen and oxygen atoms in total. The minimum Gasteiger partial charge on any atom is -0.319 e. The number of imide groups is 1. The van der Waals surface area contributed by atoms with Crippen LogP contribution >= 0.6 is 11.6 Å². The molecule has 1 saturated heterocycles. The van der Waals surface area contributed by atoms with Crippen LogP contribution in [0.1, 0.15) is 39.8 Å². The molecule has 3 amide bonds. The van der Waals surface area contributed by atoms with Crippen molar-refractivity contribution in [2.75, 3.05) is 6.54 Å². The van der Waals surface area contributed by atoms with E-state index in [-0.39, 0.29) is 12.3 Å². The summed E-state index contributed by atoms with van der Waals surface area (Å²) in [6.07, 6.45) is 0. The zero-order valence-corrected chi connectivity index (χ0v) is 19.2. The van der Waals surface area contributed by atoms with Gasteiger partial charge < -0.3 is 9.88 Å². The molecule has 0 spiro atoms. The van der Waals surface area contributed by atoms with Crippen LogP contribution in [-0.4, -0.2) is 33.7 Å². The minimum atomic E-state index is -1.20. The van der Waals surface area contributed by atoms with Gasteiger partial charge in [-0.15, -0.1) is 0 Å². The molecular weight excluding hydrogens is 426 g/mol. The largest absolute Gasteiger partial charge is 0.325 e. The Balaban J connectivity index is 1.60. The second kappa shape index (κ2) is 7.95. The summed E-state index contributed by atoms with van der Waals surface area (Å²) in [6.45, 7) is 7.04. The van der Waals surface area contributed by atoms with Crippen LogP contribution in [-0.2, 0) is 10.3 Å². The van der Waals surface area contributed by atoms with E-state index < -0.39 is 17.5 Å². The van der Waals surface area contributed by atoms with Gasteiger partial charge in [0.15, 0.2) is 5.78 Å². The highest BCUT2D eigenvalue weighted by Crippen LogP contribution is 2.30. The smallest absolute Gasteiger partial charge is 0.319 e. The van der Waals surface area contributed by atoms with Crippen LogP contribution < -0.4 is 5.32 Å². The number of carbonyl (C=O) groups excluding carboxylic acids is 3. The van der Waals surface area contributed by atoms with Crippen molar-refractivity contribution >= 4 is 29.3 Å². The van der Waals surface area contributed by atoms with Crippen LogP contribution in [0.25, 0.3) is 5.69 Å². The molecule has 164 valence electrons. The van der Waals surface area contributed by atoms with E-state index in [4.69, 9.17) is 11.6 Å². The molecule has 2 heterocycles. The number of urea groups is 1. The number of hydrogen-bond acceptors (Lipinski definition) is 3. The molecule has 1 unspecified atom stereocenters. The van der Waals surface area contributed by atoms with Crippen LogP contribution in [0, 0.1) is 20.8 Å². The number of benzene rings is 2. The van der Waals surface area contributed by atoms with Crippen LogP contribution in [0.4, 0.5) is 4.79 Å². The number of aromatic nitrogens is 1. The van der Waals surface area contributed by atoms with Crippen molar-refractivity contribution in [3.63, 3.8) is 0 Å². The summed E-state index contributed by atoms with van der Waals surface area (Å²) < 4.78 is 1.95. The van der Waals surface area contributed by atoms with Crippen LogP contribution in [0.2, 0.25) is 5.02 Å². The third-order valence-corrected chi connectivity index (χ3v) is 6.27. The number of nitrogens with one attached hydrogen (secondary N) is 1. The first-order chi connectivity index (χ1) is 15.1. The molecule has 4 rings (SSSR count). The van der Waals surface area contributed by atoms with Crippen molar-refractivity contribution in [3.8, 4) is 5.69 Å². The number of Topliss-reactive ketones (excluding diaryl/α,β-unsaturated/α-hetero) is 1. The summed E-state index contributed by atoms with van der Waals surface area (Å²) in [7, 11) is 0. The molecule has 0 radical (unpaired) electrons. The van der Waals surface area contributed by atoms with E-state index in [1.165, 1.54) is 0 Å². The summed E-state index contributed by atoms with van der Waals surface area (Å²) in [5.41, 5.74) is 3.49. The van der Waals surface area contributed by atoms with E-state index in [0.29, 0.717) is 16.1 Å². The molecule has 1 fully saturated rings. The Morgan fingerprint density at radius 2 is 1.62 bits per heavy atom. The predicted octanol–water partition coefficient (Wildman–Crippen LogP) is 4.71. The molecule has 0 saturated carbocycles.